The molecular weight excluding hydrogens is 202 g/mol. The maximum absolute atomic E-state index is 5.77. The summed E-state index contributed by atoms with van der Waals surface area (Å²) >= 11 is 17.2. The van der Waals surface area contributed by atoms with Crippen molar-refractivity contribution in [3.63, 3.8) is 0 Å². The molecule has 1 rings (SSSR count). The summed E-state index contributed by atoms with van der Waals surface area (Å²) in [5.74, 6) is 0. The molecule has 0 aliphatic rings. The number of rotatable bonds is 0. The van der Waals surface area contributed by atoms with E-state index >= 15 is 0 Å². The third kappa shape index (κ3) is 1.64. The molecule has 0 aliphatic heterocycles. The number of halogens is 3. The largest absolute Gasteiger partial charge is 0.0826 e. The lowest BCUT2D eigenvalue weighted by atomic mass is 10.1. The zero-order chi connectivity index (χ0) is 8.59. The standard InChI is InChI=1S/C8H5Cl3/c1-4-3-6(9)8(11)7(10)5(4)2/h3H,1-2H2. The molecule has 2 radical (unpaired) electrons. The molecular formula is C8H5Cl3. The fraction of sp³-hybridized carbons (Fsp3) is 0. The molecule has 0 nitrogen and oxygen atoms in total. The third-order valence-corrected chi connectivity index (χ3v) is 2.66. The van der Waals surface area contributed by atoms with Crippen LogP contribution >= 0.6 is 34.8 Å². The zero-order valence-corrected chi connectivity index (χ0v) is 7.89. The minimum absolute atomic E-state index is 0.339. The van der Waals surface area contributed by atoms with E-state index in [4.69, 9.17) is 34.8 Å². The Labute approximate surface area is 81.1 Å². The average molecular weight is 207 g/mol. The smallest absolute Gasteiger partial charge is 0.0781 e. The molecule has 0 spiro atoms. The van der Waals surface area contributed by atoms with E-state index in [0.717, 1.165) is 0 Å². The Hall–Kier alpha value is 0.0900. The van der Waals surface area contributed by atoms with Crippen molar-refractivity contribution in [3.8, 4) is 0 Å². The van der Waals surface area contributed by atoms with Gasteiger partial charge in [-0.3, -0.25) is 0 Å². The van der Waals surface area contributed by atoms with Crippen molar-refractivity contribution >= 4 is 34.8 Å². The molecule has 0 unspecified atom stereocenters. The SMILES string of the molecule is [CH2]c1cc(Cl)c(Cl)c(Cl)c1[CH2]. The van der Waals surface area contributed by atoms with Crippen LogP contribution in [-0.2, 0) is 0 Å². The van der Waals surface area contributed by atoms with E-state index in [1.54, 1.807) is 6.07 Å². The van der Waals surface area contributed by atoms with Crippen LogP contribution in [0.3, 0.4) is 0 Å². The first-order valence-electron chi connectivity index (χ1n) is 2.85. The van der Waals surface area contributed by atoms with E-state index < -0.39 is 0 Å². The molecule has 3 heteroatoms. The van der Waals surface area contributed by atoms with Crippen molar-refractivity contribution < 1.29 is 0 Å². The van der Waals surface area contributed by atoms with Gasteiger partial charge in [-0.2, -0.15) is 0 Å². The van der Waals surface area contributed by atoms with Crippen molar-refractivity contribution in [1.29, 1.82) is 0 Å². The van der Waals surface area contributed by atoms with Gasteiger partial charge in [0.05, 0.1) is 15.1 Å². The second kappa shape index (κ2) is 3.22. The average Bonchev–Trinajstić information content (AvgIpc) is 1.97. The van der Waals surface area contributed by atoms with Gasteiger partial charge in [-0.15, -0.1) is 0 Å². The van der Waals surface area contributed by atoms with Crippen molar-refractivity contribution in [2.24, 2.45) is 0 Å². The predicted octanol–water partition coefficient (Wildman–Crippen LogP) is 4.01. The minimum Gasteiger partial charge on any atom is -0.0826 e. The highest BCUT2D eigenvalue weighted by atomic mass is 35.5. The summed E-state index contributed by atoms with van der Waals surface area (Å²) in [6.45, 7) is 7.38. The Morgan fingerprint density at radius 1 is 1.00 bits per heavy atom. The molecule has 0 saturated heterocycles. The molecule has 0 bridgehead atoms. The van der Waals surface area contributed by atoms with Crippen LogP contribution in [-0.4, -0.2) is 0 Å². The highest BCUT2D eigenvalue weighted by Crippen LogP contribution is 2.34. The van der Waals surface area contributed by atoms with Crippen molar-refractivity contribution in [2.45, 2.75) is 0 Å². The molecule has 1 aromatic carbocycles. The van der Waals surface area contributed by atoms with E-state index in [-0.39, 0.29) is 0 Å². The normalized spacial score (nSPS) is 10.3. The van der Waals surface area contributed by atoms with Gasteiger partial charge in [-0.1, -0.05) is 34.8 Å². The summed E-state index contributed by atoms with van der Waals surface area (Å²) in [4.78, 5) is 0. The van der Waals surface area contributed by atoms with Crippen LogP contribution in [0.2, 0.25) is 15.1 Å². The summed E-state index contributed by atoms with van der Waals surface area (Å²) in [6.07, 6.45) is 0. The molecule has 0 atom stereocenters. The highest BCUT2D eigenvalue weighted by Gasteiger charge is 2.07. The number of hydrogen-bond acceptors (Lipinski definition) is 0. The van der Waals surface area contributed by atoms with E-state index in [9.17, 15) is 0 Å². The zero-order valence-electron chi connectivity index (χ0n) is 5.63. The first-order chi connectivity index (χ1) is 5.04. The monoisotopic (exact) mass is 206 g/mol. The Kier molecular flexibility index (Phi) is 2.69. The molecule has 0 fully saturated rings. The third-order valence-electron chi connectivity index (χ3n) is 1.36. The van der Waals surface area contributed by atoms with Gasteiger partial charge < -0.3 is 0 Å². The lowest BCUT2D eigenvalue weighted by Crippen LogP contribution is -1.83. The summed E-state index contributed by atoms with van der Waals surface area (Å²) in [7, 11) is 0. The fourth-order valence-electron chi connectivity index (χ4n) is 0.682. The van der Waals surface area contributed by atoms with Crippen molar-refractivity contribution in [1.82, 2.24) is 0 Å². The van der Waals surface area contributed by atoms with E-state index in [1.807, 2.05) is 0 Å². The lowest BCUT2D eigenvalue weighted by Gasteiger charge is -2.05. The van der Waals surface area contributed by atoms with Gasteiger partial charge in [0, 0.05) is 0 Å². The molecule has 0 aromatic heterocycles. The predicted molar refractivity (Wildman–Crippen MR) is 50.4 cm³/mol. The quantitative estimate of drug-likeness (QED) is 0.564. The van der Waals surface area contributed by atoms with Crippen LogP contribution in [0.5, 0.6) is 0 Å². The molecule has 1 aromatic rings. The molecule has 11 heavy (non-hydrogen) atoms. The van der Waals surface area contributed by atoms with Gasteiger partial charge in [-0.05, 0) is 31.0 Å². The molecule has 0 N–H and O–H groups in total. The summed E-state index contributed by atoms with van der Waals surface area (Å²) < 4.78 is 0. The molecule has 0 aliphatic carbocycles. The van der Waals surface area contributed by atoms with Gasteiger partial charge in [0.15, 0.2) is 0 Å². The second-order valence-electron chi connectivity index (χ2n) is 2.12. The Morgan fingerprint density at radius 3 is 2.09 bits per heavy atom. The lowest BCUT2D eigenvalue weighted by molar-refractivity contribution is 1.53. The highest BCUT2D eigenvalue weighted by molar-refractivity contribution is 6.48. The van der Waals surface area contributed by atoms with E-state index in [0.29, 0.717) is 26.2 Å². The Bertz CT molecular complexity index is 266. The van der Waals surface area contributed by atoms with Crippen LogP contribution in [0.1, 0.15) is 11.1 Å². The van der Waals surface area contributed by atoms with E-state index in [1.165, 1.54) is 0 Å². The number of hydrogen-bond donors (Lipinski definition) is 0. The Morgan fingerprint density at radius 2 is 1.55 bits per heavy atom. The maximum Gasteiger partial charge on any atom is 0.0781 e. The summed E-state index contributed by atoms with van der Waals surface area (Å²) in [6, 6.07) is 1.64. The van der Waals surface area contributed by atoms with E-state index in [2.05, 4.69) is 13.8 Å². The van der Waals surface area contributed by atoms with Gasteiger partial charge in [0.25, 0.3) is 0 Å². The first kappa shape index (κ1) is 9.18. The topological polar surface area (TPSA) is 0 Å². The molecule has 0 amide bonds. The minimum atomic E-state index is 0.339. The van der Waals surface area contributed by atoms with Crippen LogP contribution in [0.25, 0.3) is 0 Å². The van der Waals surface area contributed by atoms with Crippen molar-refractivity contribution in [2.75, 3.05) is 0 Å². The first-order valence-corrected chi connectivity index (χ1v) is 3.99. The van der Waals surface area contributed by atoms with Gasteiger partial charge in [0.2, 0.25) is 0 Å². The van der Waals surface area contributed by atoms with Crippen LogP contribution < -0.4 is 0 Å². The number of benzene rings is 1. The molecule has 58 valence electrons. The molecule has 0 saturated carbocycles. The van der Waals surface area contributed by atoms with Gasteiger partial charge in [0.1, 0.15) is 0 Å². The summed E-state index contributed by atoms with van der Waals surface area (Å²) in [5, 5.41) is 1.13. The fourth-order valence-corrected chi connectivity index (χ4v) is 1.35. The molecule has 0 heterocycles. The van der Waals surface area contributed by atoms with Gasteiger partial charge in [-0.25, -0.2) is 0 Å². The van der Waals surface area contributed by atoms with Crippen LogP contribution in [0.15, 0.2) is 6.07 Å². The van der Waals surface area contributed by atoms with Crippen molar-refractivity contribution in [3.05, 3.63) is 46.1 Å². The van der Waals surface area contributed by atoms with Gasteiger partial charge >= 0.3 is 0 Å². The Balaban J connectivity index is 3.46. The maximum atomic E-state index is 5.77. The summed E-state index contributed by atoms with van der Waals surface area (Å²) in [5.41, 5.74) is 1.32. The second-order valence-corrected chi connectivity index (χ2v) is 3.29. The van der Waals surface area contributed by atoms with Crippen LogP contribution in [0.4, 0.5) is 0 Å². The van der Waals surface area contributed by atoms with Crippen LogP contribution in [0, 0.1) is 13.8 Å².